The van der Waals surface area contributed by atoms with Crippen LogP contribution in [0.5, 0.6) is 0 Å². The number of hydrogen-bond acceptors (Lipinski definition) is 3. The van der Waals surface area contributed by atoms with E-state index in [0.29, 0.717) is 5.70 Å². The lowest BCUT2D eigenvalue weighted by atomic mass is 10.2. The fourth-order valence-electron chi connectivity index (χ4n) is 0.918. The van der Waals surface area contributed by atoms with Gasteiger partial charge in [0.15, 0.2) is 0 Å². The molecular weight excluding hydrogens is 214 g/mol. The number of nitrogens with one attached hydrogen (secondary N) is 1. The smallest absolute Gasteiger partial charge is 0.355 e. The van der Waals surface area contributed by atoms with E-state index in [2.05, 4.69) is 5.32 Å². The maximum Gasteiger partial charge on any atom is 0.355 e. The summed E-state index contributed by atoms with van der Waals surface area (Å²) in [6.07, 6.45) is 8.82. The number of carbonyl (C=O) groups excluding carboxylic acids is 1. The Hall–Kier alpha value is -1.22. The summed E-state index contributed by atoms with van der Waals surface area (Å²) in [5, 5.41) is 2.85. The Balaban J connectivity index is 0.00000196. The molecule has 0 fully saturated rings. The highest BCUT2D eigenvalue weighted by Crippen LogP contribution is 2.10. The SMILES string of the molecule is CC(C)(C)OC(=O)C1=CC=CC=CN1.Cl. The standard InChI is InChI=1S/C11H15NO2.ClH/c1-11(2,3)14-10(13)9-7-5-4-6-8-12-9;/h4-8,12H,1-3H3;1H. The van der Waals surface area contributed by atoms with Gasteiger partial charge >= 0.3 is 5.97 Å². The summed E-state index contributed by atoms with van der Waals surface area (Å²) in [4.78, 5) is 11.5. The van der Waals surface area contributed by atoms with Crippen LogP contribution in [0, 0.1) is 0 Å². The molecule has 0 bridgehead atoms. The maximum absolute atomic E-state index is 11.5. The van der Waals surface area contributed by atoms with Crippen LogP contribution in [0.2, 0.25) is 0 Å². The van der Waals surface area contributed by atoms with Crippen LogP contribution in [-0.2, 0) is 9.53 Å². The van der Waals surface area contributed by atoms with Crippen molar-refractivity contribution < 1.29 is 9.53 Å². The van der Waals surface area contributed by atoms with E-state index in [1.165, 1.54) is 0 Å². The van der Waals surface area contributed by atoms with Crippen molar-refractivity contribution in [2.24, 2.45) is 0 Å². The predicted octanol–water partition coefficient (Wildman–Crippen LogP) is 2.31. The number of halogens is 1. The first-order chi connectivity index (χ1) is 6.49. The Kier molecular flexibility index (Phi) is 5.15. The molecule has 0 unspecified atom stereocenters. The Morgan fingerprint density at radius 1 is 1.27 bits per heavy atom. The number of rotatable bonds is 1. The third-order valence-electron chi connectivity index (χ3n) is 1.44. The van der Waals surface area contributed by atoms with Gasteiger partial charge in [0.2, 0.25) is 0 Å². The monoisotopic (exact) mass is 229 g/mol. The lowest BCUT2D eigenvalue weighted by molar-refractivity contribution is -0.150. The quantitative estimate of drug-likeness (QED) is 0.702. The Morgan fingerprint density at radius 2 is 1.93 bits per heavy atom. The van der Waals surface area contributed by atoms with Gasteiger partial charge in [0.1, 0.15) is 11.3 Å². The van der Waals surface area contributed by atoms with Crippen molar-refractivity contribution in [1.29, 1.82) is 0 Å². The molecule has 1 N–H and O–H groups in total. The second-order valence-corrected chi connectivity index (χ2v) is 3.97. The minimum absolute atomic E-state index is 0. The summed E-state index contributed by atoms with van der Waals surface area (Å²) in [5.41, 5.74) is -0.00999. The number of hydrogen-bond donors (Lipinski definition) is 1. The van der Waals surface area contributed by atoms with Crippen LogP contribution in [0.25, 0.3) is 0 Å². The Labute approximate surface area is 96.3 Å². The number of allylic oxidation sites excluding steroid dienone is 4. The molecule has 0 radical (unpaired) electrons. The highest BCUT2D eigenvalue weighted by molar-refractivity contribution is 5.88. The van der Waals surface area contributed by atoms with Gasteiger partial charge in [-0.15, -0.1) is 12.4 Å². The first-order valence-electron chi connectivity index (χ1n) is 4.52. The Bertz CT molecular complexity index is 311. The second-order valence-electron chi connectivity index (χ2n) is 3.97. The van der Waals surface area contributed by atoms with Crippen LogP contribution in [0.15, 0.2) is 36.2 Å². The highest BCUT2D eigenvalue weighted by Gasteiger charge is 2.18. The summed E-state index contributed by atoms with van der Waals surface area (Å²) in [6.45, 7) is 5.52. The molecule has 0 aromatic carbocycles. The first kappa shape index (κ1) is 13.8. The van der Waals surface area contributed by atoms with E-state index < -0.39 is 5.60 Å². The van der Waals surface area contributed by atoms with E-state index in [0.717, 1.165) is 0 Å². The van der Waals surface area contributed by atoms with Crippen molar-refractivity contribution in [3.05, 3.63) is 36.2 Å². The van der Waals surface area contributed by atoms with Gasteiger partial charge in [0.05, 0.1) is 0 Å². The maximum atomic E-state index is 11.5. The van der Waals surface area contributed by atoms with Gasteiger partial charge in [-0.25, -0.2) is 4.79 Å². The normalized spacial score (nSPS) is 14.5. The summed E-state index contributed by atoms with van der Waals surface area (Å²) < 4.78 is 5.20. The summed E-state index contributed by atoms with van der Waals surface area (Å²) in [7, 11) is 0. The molecule has 15 heavy (non-hydrogen) atoms. The van der Waals surface area contributed by atoms with Crippen molar-refractivity contribution in [3.63, 3.8) is 0 Å². The summed E-state index contributed by atoms with van der Waals surface area (Å²) >= 11 is 0. The topological polar surface area (TPSA) is 38.3 Å². The molecule has 0 saturated heterocycles. The van der Waals surface area contributed by atoms with Gasteiger partial charge in [0, 0.05) is 6.20 Å². The van der Waals surface area contributed by atoms with Gasteiger partial charge in [-0.1, -0.05) is 12.2 Å². The van der Waals surface area contributed by atoms with Crippen molar-refractivity contribution >= 4 is 18.4 Å². The van der Waals surface area contributed by atoms with Crippen molar-refractivity contribution in [2.45, 2.75) is 26.4 Å². The molecule has 1 aliphatic heterocycles. The van der Waals surface area contributed by atoms with Crippen LogP contribution >= 0.6 is 12.4 Å². The van der Waals surface area contributed by atoms with Crippen LogP contribution in [0.1, 0.15) is 20.8 Å². The average Bonchev–Trinajstić information content (AvgIpc) is 2.27. The minimum Gasteiger partial charge on any atom is -0.455 e. The van der Waals surface area contributed by atoms with E-state index in [1.807, 2.05) is 32.9 Å². The molecule has 4 heteroatoms. The van der Waals surface area contributed by atoms with Crippen molar-refractivity contribution in [1.82, 2.24) is 5.32 Å². The zero-order valence-electron chi connectivity index (χ0n) is 9.11. The number of carbonyl (C=O) groups is 1. The molecule has 0 atom stereocenters. The summed E-state index contributed by atoms with van der Waals surface area (Å²) in [5.74, 6) is -0.339. The van der Waals surface area contributed by atoms with E-state index in [1.54, 1.807) is 18.4 Å². The largest absolute Gasteiger partial charge is 0.455 e. The molecule has 0 aromatic heterocycles. The van der Waals surface area contributed by atoms with Crippen molar-refractivity contribution in [2.75, 3.05) is 0 Å². The number of ether oxygens (including phenoxy) is 1. The van der Waals surface area contributed by atoms with Gasteiger partial charge < -0.3 is 10.1 Å². The van der Waals surface area contributed by atoms with E-state index in [9.17, 15) is 4.79 Å². The Morgan fingerprint density at radius 3 is 2.53 bits per heavy atom. The molecule has 1 aliphatic rings. The van der Waals surface area contributed by atoms with Crippen LogP contribution in [-0.4, -0.2) is 11.6 Å². The average molecular weight is 230 g/mol. The highest BCUT2D eigenvalue weighted by atomic mass is 35.5. The first-order valence-corrected chi connectivity index (χ1v) is 4.52. The predicted molar refractivity (Wildman–Crippen MR) is 62.6 cm³/mol. The lowest BCUT2D eigenvalue weighted by Gasteiger charge is -2.20. The third kappa shape index (κ3) is 5.27. The third-order valence-corrected chi connectivity index (χ3v) is 1.44. The molecule has 0 saturated carbocycles. The van der Waals surface area contributed by atoms with Crippen LogP contribution in [0.3, 0.4) is 0 Å². The van der Waals surface area contributed by atoms with Crippen LogP contribution in [0.4, 0.5) is 0 Å². The second kappa shape index (κ2) is 5.61. The van der Waals surface area contributed by atoms with Gasteiger partial charge in [-0.05, 0) is 32.9 Å². The molecule has 1 rings (SSSR count). The summed E-state index contributed by atoms with van der Waals surface area (Å²) in [6, 6.07) is 0. The molecule has 84 valence electrons. The minimum atomic E-state index is -0.459. The van der Waals surface area contributed by atoms with Gasteiger partial charge in [-0.2, -0.15) is 0 Å². The molecule has 0 spiro atoms. The zero-order valence-corrected chi connectivity index (χ0v) is 9.93. The van der Waals surface area contributed by atoms with E-state index in [4.69, 9.17) is 4.74 Å². The fourth-order valence-corrected chi connectivity index (χ4v) is 0.918. The lowest BCUT2D eigenvalue weighted by Crippen LogP contribution is -2.28. The van der Waals surface area contributed by atoms with E-state index in [-0.39, 0.29) is 18.4 Å². The van der Waals surface area contributed by atoms with E-state index >= 15 is 0 Å². The van der Waals surface area contributed by atoms with Crippen LogP contribution < -0.4 is 5.32 Å². The van der Waals surface area contributed by atoms with Crippen molar-refractivity contribution in [3.8, 4) is 0 Å². The zero-order chi connectivity index (χ0) is 10.6. The molecule has 0 aromatic rings. The molecule has 0 aliphatic carbocycles. The fraction of sp³-hybridized carbons (Fsp3) is 0.364. The molecule has 3 nitrogen and oxygen atoms in total. The molecule has 1 heterocycles. The van der Waals surface area contributed by atoms with Gasteiger partial charge in [0.25, 0.3) is 0 Å². The molecular formula is C11H16ClNO2. The van der Waals surface area contributed by atoms with Gasteiger partial charge in [-0.3, -0.25) is 0 Å². The molecule has 0 amide bonds. The number of esters is 1.